The molecule has 2 aromatic carbocycles. The minimum atomic E-state index is -0.617. The first-order chi connectivity index (χ1) is 17.9. The van der Waals surface area contributed by atoms with Gasteiger partial charge in [-0.2, -0.15) is 5.10 Å². The first kappa shape index (κ1) is 24.5. The van der Waals surface area contributed by atoms with Gasteiger partial charge in [0.1, 0.15) is 16.8 Å². The maximum absolute atomic E-state index is 13.3. The Kier molecular flexibility index (Phi) is 6.90. The van der Waals surface area contributed by atoms with Gasteiger partial charge >= 0.3 is 5.63 Å². The molecule has 5 rings (SSSR count). The lowest BCUT2D eigenvalue weighted by Crippen LogP contribution is -2.49. The summed E-state index contributed by atoms with van der Waals surface area (Å²) in [5.41, 5.74) is 1.47. The van der Waals surface area contributed by atoms with Gasteiger partial charge in [-0.25, -0.2) is 4.79 Å². The molecule has 1 unspecified atom stereocenters. The van der Waals surface area contributed by atoms with Crippen LogP contribution in [-0.4, -0.2) is 57.6 Å². The van der Waals surface area contributed by atoms with Crippen LogP contribution in [0.1, 0.15) is 39.3 Å². The Labute approximate surface area is 215 Å². The van der Waals surface area contributed by atoms with Crippen molar-refractivity contribution >= 4 is 22.8 Å². The van der Waals surface area contributed by atoms with Gasteiger partial charge in [-0.05, 0) is 48.9 Å². The SMILES string of the molecule is CN(C(=O)c1ccn(C)n1)C(Cc1ccccc1)C1CCN(C(=O)c2cc3ccccc3oc2=O)CC1. The first-order valence-electron chi connectivity index (χ1n) is 12.5. The summed E-state index contributed by atoms with van der Waals surface area (Å²) >= 11 is 0. The number of carbonyl (C=O) groups excluding carboxylic acids is 2. The molecule has 0 spiro atoms. The zero-order chi connectivity index (χ0) is 25.9. The van der Waals surface area contributed by atoms with Crippen LogP contribution in [0.15, 0.2) is 82.1 Å². The highest BCUT2D eigenvalue weighted by molar-refractivity contribution is 5.96. The van der Waals surface area contributed by atoms with Gasteiger partial charge in [0.2, 0.25) is 0 Å². The topological polar surface area (TPSA) is 88.7 Å². The predicted molar refractivity (Wildman–Crippen MR) is 140 cm³/mol. The van der Waals surface area contributed by atoms with E-state index < -0.39 is 5.63 Å². The van der Waals surface area contributed by atoms with Gasteiger partial charge in [-0.15, -0.1) is 0 Å². The lowest BCUT2D eigenvalue weighted by Gasteiger charge is -2.40. The molecule has 1 fully saturated rings. The molecule has 190 valence electrons. The zero-order valence-corrected chi connectivity index (χ0v) is 21.0. The molecule has 1 aliphatic rings. The van der Waals surface area contributed by atoms with Crippen LogP contribution >= 0.6 is 0 Å². The summed E-state index contributed by atoms with van der Waals surface area (Å²) in [7, 11) is 3.63. The van der Waals surface area contributed by atoms with Crippen molar-refractivity contribution < 1.29 is 14.0 Å². The van der Waals surface area contributed by atoms with E-state index in [1.807, 2.05) is 37.4 Å². The Morgan fingerprint density at radius 3 is 2.46 bits per heavy atom. The predicted octanol–water partition coefficient (Wildman–Crippen LogP) is 3.76. The zero-order valence-electron chi connectivity index (χ0n) is 21.0. The van der Waals surface area contributed by atoms with E-state index in [0.29, 0.717) is 30.8 Å². The summed E-state index contributed by atoms with van der Waals surface area (Å²) in [5, 5.41) is 5.02. The lowest BCUT2D eigenvalue weighted by atomic mass is 9.84. The number of para-hydroxylation sites is 1. The molecular formula is C29H30N4O4. The fraction of sp³-hybridized carbons (Fsp3) is 0.310. The van der Waals surface area contributed by atoms with Crippen LogP contribution in [0.3, 0.4) is 0 Å². The molecule has 8 heteroatoms. The molecule has 1 atom stereocenters. The largest absolute Gasteiger partial charge is 0.422 e. The maximum Gasteiger partial charge on any atom is 0.349 e. The molecule has 3 heterocycles. The van der Waals surface area contributed by atoms with Crippen molar-refractivity contribution in [2.24, 2.45) is 13.0 Å². The number of benzene rings is 2. The lowest BCUT2D eigenvalue weighted by molar-refractivity contribution is 0.0517. The number of aromatic nitrogens is 2. The molecule has 1 saturated heterocycles. The Morgan fingerprint density at radius 1 is 1.05 bits per heavy atom. The molecule has 0 bridgehead atoms. The van der Waals surface area contributed by atoms with Gasteiger partial charge in [0.05, 0.1) is 0 Å². The summed E-state index contributed by atoms with van der Waals surface area (Å²) in [4.78, 5) is 42.6. The minimum Gasteiger partial charge on any atom is -0.422 e. The minimum absolute atomic E-state index is 0.0557. The molecule has 0 aliphatic carbocycles. The number of aryl methyl sites for hydroxylation is 1. The highest BCUT2D eigenvalue weighted by Crippen LogP contribution is 2.28. The summed E-state index contributed by atoms with van der Waals surface area (Å²) in [6, 6.07) is 20.6. The standard InChI is InChI=1S/C29H30N4O4/c1-31-15-14-24(30-31)28(35)32(2)25(18-20-8-4-3-5-9-20)21-12-16-33(17-13-21)27(34)23-19-22-10-6-7-11-26(22)37-29(23)36/h3-11,14-15,19,21,25H,12-13,16-18H2,1-2H3. The highest BCUT2D eigenvalue weighted by Gasteiger charge is 2.34. The number of carbonyl (C=O) groups is 2. The van der Waals surface area contributed by atoms with E-state index in [9.17, 15) is 14.4 Å². The van der Waals surface area contributed by atoms with E-state index >= 15 is 0 Å². The number of amides is 2. The smallest absolute Gasteiger partial charge is 0.349 e. The van der Waals surface area contributed by atoms with E-state index in [4.69, 9.17) is 4.42 Å². The average Bonchev–Trinajstić information content (AvgIpc) is 3.37. The number of hydrogen-bond donors (Lipinski definition) is 0. The second-order valence-electron chi connectivity index (χ2n) is 9.66. The van der Waals surface area contributed by atoms with E-state index in [0.717, 1.165) is 23.8 Å². The summed E-state index contributed by atoms with van der Waals surface area (Å²) < 4.78 is 7.00. The first-order valence-corrected chi connectivity index (χ1v) is 12.5. The molecule has 2 amide bonds. The van der Waals surface area contributed by atoms with Crippen molar-refractivity contribution in [2.75, 3.05) is 20.1 Å². The number of fused-ring (bicyclic) bond motifs is 1. The second kappa shape index (κ2) is 10.4. The molecule has 0 N–H and O–H groups in total. The van der Waals surface area contributed by atoms with Crippen molar-refractivity contribution in [3.8, 4) is 0 Å². The Bertz CT molecular complexity index is 1470. The molecule has 37 heavy (non-hydrogen) atoms. The normalized spacial score (nSPS) is 15.0. The van der Waals surface area contributed by atoms with Crippen molar-refractivity contribution in [1.82, 2.24) is 19.6 Å². The van der Waals surface area contributed by atoms with E-state index in [2.05, 4.69) is 17.2 Å². The Hall–Kier alpha value is -4.20. The highest BCUT2D eigenvalue weighted by atomic mass is 16.4. The van der Waals surface area contributed by atoms with Crippen LogP contribution in [0.5, 0.6) is 0 Å². The third-order valence-electron chi connectivity index (χ3n) is 7.28. The Balaban J connectivity index is 1.33. The van der Waals surface area contributed by atoms with Crippen LogP contribution in [0.2, 0.25) is 0 Å². The number of piperidine rings is 1. The van der Waals surface area contributed by atoms with Gasteiger partial charge in [0.25, 0.3) is 11.8 Å². The Morgan fingerprint density at radius 2 is 1.76 bits per heavy atom. The van der Waals surface area contributed by atoms with E-state index in [1.165, 1.54) is 0 Å². The monoisotopic (exact) mass is 498 g/mol. The van der Waals surface area contributed by atoms with Crippen molar-refractivity contribution in [3.05, 3.63) is 100 Å². The van der Waals surface area contributed by atoms with Crippen LogP contribution in [0, 0.1) is 5.92 Å². The summed E-state index contributed by atoms with van der Waals surface area (Å²) in [6.45, 7) is 1.01. The fourth-order valence-corrected chi connectivity index (χ4v) is 5.20. The van der Waals surface area contributed by atoms with Gasteiger partial charge in [-0.3, -0.25) is 14.3 Å². The quantitative estimate of drug-likeness (QED) is 0.378. The van der Waals surface area contributed by atoms with Crippen LogP contribution < -0.4 is 5.63 Å². The van der Waals surface area contributed by atoms with Gasteiger partial charge in [-0.1, -0.05) is 48.5 Å². The summed E-state index contributed by atoms with van der Waals surface area (Å²) in [5.74, 6) is -0.237. The van der Waals surface area contributed by atoms with E-state index in [-0.39, 0.29) is 29.3 Å². The van der Waals surface area contributed by atoms with Crippen molar-refractivity contribution in [1.29, 1.82) is 0 Å². The molecule has 1 aliphatic heterocycles. The van der Waals surface area contributed by atoms with Gasteiger partial charge in [0, 0.05) is 44.8 Å². The number of hydrogen-bond acceptors (Lipinski definition) is 5. The second-order valence-corrected chi connectivity index (χ2v) is 9.66. The van der Waals surface area contributed by atoms with E-state index in [1.54, 1.807) is 52.0 Å². The molecule has 8 nitrogen and oxygen atoms in total. The molecule has 0 radical (unpaired) electrons. The number of likely N-dealkylation sites (N-methyl/N-ethyl adjacent to an activating group) is 1. The molecule has 2 aromatic heterocycles. The molecular weight excluding hydrogens is 468 g/mol. The van der Waals surface area contributed by atoms with Crippen LogP contribution in [0.4, 0.5) is 0 Å². The molecule has 0 saturated carbocycles. The average molecular weight is 499 g/mol. The fourth-order valence-electron chi connectivity index (χ4n) is 5.20. The third-order valence-corrected chi connectivity index (χ3v) is 7.28. The third kappa shape index (κ3) is 5.18. The van der Waals surface area contributed by atoms with Crippen molar-refractivity contribution in [3.63, 3.8) is 0 Å². The maximum atomic E-state index is 13.3. The number of likely N-dealkylation sites (tertiary alicyclic amines) is 1. The molecule has 4 aromatic rings. The number of rotatable bonds is 6. The van der Waals surface area contributed by atoms with Gasteiger partial charge in [0.15, 0.2) is 0 Å². The van der Waals surface area contributed by atoms with Crippen LogP contribution in [0.25, 0.3) is 11.0 Å². The summed E-state index contributed by atoms with van der Waals surface area (Å²) in [6.07, 6.45) is 3.92. The van der Waals surface area contributed by atoms with Crippen LogP contribution in [-0.2, 0) is 13.5 Å². The number of nitrogens with zero attached hydrogens (tertiary/aromatic N) is 4. The van der Waals surface area contributed by atoms with Crippen molar-refractivity contribution in [2.45, 2.75) is 25.3 Å². The van der Waals surface area contributed by atoms with Gasteiger partial charge < -0.3 is 14.2 Å².